The van der Waals surface area contributed by atoms with Crippen LogP contribution in [0.15, 0.2) is 94.9 Å². The Morgan fingerprint density at radius 1 is 0.881 bits per heavy atom. The number of ether oxygens (including phenoxy) is 1. The molecule has 4 rings (SSSR count). The van der Waals surface area contributed by atoms with Gasteiger partial charge in [0.1, 0.15) is 12.4 Å². The van der Waals surface area contributed by atoms with Gasteiger partial charge in [0, 0.05) is 6.54 Å². The highest BCUT2D eigenvalue weighted by Crippen LogP contribution is 2.28. The van der Waals surface area contributed by atoms with Gasteiger partial charge in [-0.1, -0.05) is 77.3 Å². The predicted molar refractivity (Wildman–Crippen MR) is 168 cm³/mol. The van der Waals surface area contributed by atoms with Crippen molar-refractivity contribution in [2.75, 3.05) is 6.54 Å². The van der Waals surface area contributed by atoms with Gasteiger partial charge in [0.05, 0.1) is 27.7 Å². The maximum atomic E-state index is 13.9. The Balaban J connectivity index is 1.46. The normalized spacial score (nSPS) is 11.7. The van der Waals surface area contributed by atoms with Crippen molar-refractivity contribution in [1.82, 2.24) is 9.73 Å². The van der Waals surface area contributed by atoms with E-state index in [9.17, 15) is 13.2 Å². The molecule has 0 atom stereocenters. The molecule has 4 aromatic carbocycles. The quantitative estimate of drug-likeness (QED) is 0.146. The number of hydrogen-bond acceptors (Lipinski definition) is 5. The van der Waals surface area contributed by atoms with E-state index in [0.717, 1.165) is 21.0 Å². The number of amides is 1. The summed E-state index contributed by atoms with van der Waals surface area (Å²) in [5.74, 6) is 0.102. The van der Waals surface area contributed by atoms with Crippen LogP contribution >= 0.6 is 23.2 Å². The lowest BCUT2D eigenvalue weighted by Crippen LogP contribution is -2.39. The summed E-state index contributed by atoms with van der Waals surface area (Å²) in [4.78, 5) is 13.1. The highest BCUT2D eigenvalue weighted by molar-refractivity contribution is 7.89. The Hall–Kier alpha value is -3.69. The summed E-state index contributed by atoms with van der Waals surface area (Å²) in [5, 5.41) is 4.67. The fraction of sp³-hybridized carbons (Fsp3) is 0.188. The summed E-state index contributed by atoms with van der Waals surface area (Å²) >= 11 is 12.2. The zero-order chi connectivity index (χ0) is 30.3. The lowest BCUT2D eigenvalue weighted by Gasteiger charge is -2.24. The van der Waals surface area contributed by atoms with Gasteiger partial charge in [0.2, 0.25) is 10.0 Å². The smallest absolute Gasteiger partial charge is 0.255 e. The van der Waals surface area contributed by atoms with Gasteiger partial charge in [0.15, 0.2) is 0 Å². The van der Waals surface area contributed by atoms with Crippen molar-refractivity contribution >= 4 is 45.3 Å². The van der Waals surface area contributed by atoms with Gasteiger partial charge in [0.25, 0.3) is 5.91 Å². The predicted octanol–water partition coefficient (Wildman–Crippen LogP) is 6.84. The first-order chi connectivity index (χ1) is 20.0. The third-order valence-electron chi connectivity index (χ3n) is 6.40. The van der Waals surface area contributed by atoms with Crippen molar-refractivity contribution in [3.8, 4) is 5.75 Å². The molecule has 0 aromatic heterocycles. The topological polar surface area (TPSA) is 88.1 Å². The molecule has 0 spiro atoms. The van der Waals surface area contributed by atoms with Gasteiger partial charge in [-0.15, -0.1) is 0 Å². The first-order valence-electron chi connectivity index (χ1n) is 13.1. The third kappa shape index (κ3) is 8.20. The number of hydrazone groups is 1. The Labute approximate surface area is 256 Å². The van der Waals surface area contributed by atoms with Gasteiger partial charge < -0.3 is 4.74 Å². The molecule has 10 heteroatoms. The number of halogens is 2. The van der Waals surface area contributed by atoms with E-state index in [0.29, 0.717) is 39.1 Å². The van der Waals surface area contributed by atoms with Crippen molar-refractivity contribution < 1.29 is 17.9 Å². The van der Waals surface area contributed by atoms with E-state index >= 15 is 0 Å². The van der Waals surface area contributed by atoms with Crippen LogP contribution in [0.5, 0.6) is 5.75 Å². The van der Waals surface area contributed by atoms with Gasteiger partial charge in [-0.3, -0.25) is 4.79 Å². The van der Waals surface area contributed by atoms with E-state index in [1.54, 1.807) is 56.3 Å². The second-order valence-electron chi connectivity index (χ2n) is 9.89. The van der Waals surface area contributed by atoms with Crippen LogP contribution in [0.3, 0.4) is 0 Å². The fourth-order valence-corrected chi connectivity index (χ4v) is 6.65. The molecule has 1 amide bonds. The number of benzene rings is 4. The molecule has 42 heavy (non-hydrogen) atoms. The van der Waals surface area contributed by atoms with E-state index in [1.165, 1.54) is 6.21 Å². The molecule has 4 aromatic rings. The van der Waals surface area contributed by atoms with Crippen molar-refractivity contribution in [3.63, 3.8) is 0 Å². The number of rotatable bonds is 11. The summed E-state index contributed by atoms with van der Waals surface area (Å²) in [7, 11) is -4.07. The summed E-state index contributed by atoms with van der Waals surface area (Å²) in [6, 6.07) is 25.5. The van der Waals surface area contributed by atoms with E-state index in [4.69, 9.17) is 27.9 Å². The minimum absolute atomic E-state index is 0.0897. The van der Waals surface area contributed by atoms with Crippen LogP contribution in [0.4, 0.5) is 0 Å². The molecule has 0 heterocycles. The highest BCUT2D eigenvalue weighted by atomic mass is 35.5. The van der Waals surface area contributed by atoms with E-state index in [1.807, 2.05) is 49.4 Å². The Morgan fingerprint density at radius 2 is 1.55 bits per heavy atom. The summed E-state index contributed by atoms with van der Waals surface area (Å²) in [6.07, 6.45) is 1.48. The summed E-state index contributed by atoms with van der Waals surface area (Å²) in [6.45, 7) is 5.29. The molecule has 1 N–H and O–H groups in total. The fourth-order valence-electron chi connectivity index (χ4n) is 4.54. The molecule has 218 valence electrons. The van der Waals surface area contributed by atoms with Crippen LogP contribution in [-0.2, 0) is 28.0 Å². The zero-order valence-electron chi connectivity index (χ0n) is 23.5. The van der Waals surface area contributed by atoms with Gasteiger partial charge in [-0.25, -0.2) is 13.8 Å². The average Bonchev–Trinajstić information content (AvgIpc) is 2.94. The summed E-state index contributed by atoms with van der Waals surface area (Å²) in [5.41, 5.74) is 6.96. The number of aryl methyl sites for hydroxylation is 3. The number of carbonyl (C=O) groups excluding carboxylic acids is 1. The lowest BCUT2D eigenvalue weighted by atomic mass is 10.1. The monoisotopic (exact) mass is 623 g/mol. The maximum absolute atomic E-state index is 13.9. The molecule has 0 saturated carbocycles. The number of nitrogens with zero attached hydrogens (tertiary/aromatic N) is 2. The van der Waals surface area contributed by atoms with Crippen molar-refractivity contribution in [2.24, 2.45) is 5.10 Å². The highest BCUT2D eigenvalue weighted by Gasteiger charge is 2.30. The SMILES string of the molecule is Cc1cc(C)c(S(=O)(=O)N(CC(=O)N/N=C/c2ccc(OCc3ccccc3)cc2)Cc2ccc(Cl)c(Cl)c2)c(C)c1. The molecular weight excluding hydrogens is 593 g/mol. The van der Waals surface area contributed by atoms with Crippen LogP contribution in [0, 0.1) is 20.8 Å². The van der Waals surface area contributed by atoms with Crippen molar-refractivity contribution in [2.45, 2.75) is 38.8 Å². The number of carbonyl (C=O) groups is 1. The second kappa shape index (κ2) is 14.0. The zero-order valence-corrected chi connectivity index (χ0v) is 25.8. The van der Waals surface area contributed by atoms with Gasteiger partial charge in [-0.2, -0.15) is 9.41 Å². The van der Waals surface area contributed by atoms with Crippen LogP contribution in [-0.4, -0.2) is 31.4 Å². The third-order valence-corrected chi connectivity index (χ3v) is 9.23. The largest absolute Gasteiger partial charge is 0.489 e. The molecule has 0 saturated heterocycles. The van der Waals surface area contributed by atoms with Crippen LogP contribution < -0.4 is 10.2 Å². The maximum Gasteiger partial charge on any atom is 0.255 e. The molecule has 0 bridgehead atoms. The van der Waals surface area contributed by atoms with E-state index in [-0.39, 0.29) is 11.4 Å². The Kier molecular flexibility index (Phi) is 10.4. The number of hydrogen-bond donors (Lipinski definition) is 1. The van der Waals surface area contributed by atoms with Crippen LogP contribution in [0.1, 0.15) is 33.4 Å². The first-order valence-corrected chi connectivity index (χ1v) is 15.3. The number of nitrogens with one attached hydrogen (secondary N) is 1. The lowest BCUT2D eigenvalue weighted by molar-refractivity contribution is -0.121. The molecule has 7 nitrogen and oxygen atoms in total. The summed E-state index contributed by atoms with van der Waals surface area (Å²) < 4.78 is 34.7. The van der Waals surface area contributed by atoms with Gasteiger partial charge in [-0.05, 0) is 85.0 Å². The Morgan fingerprint density at radius 3 is 2.19 bits per heavy atom. The number of sulfonamides is 1. The van der Waals surface area contributed by atoms with E-state index < -0.39 is 22.5 Å². The molecule has 0 radical (unpaired) electrons. The molecule has 0 unspecified atom stereocenters. The van der Waals surface area contributed by atoms with Crippen LogP contribution in [0.25, 0.3) is 0 Å². The van der Waals surface area contributed by atoms with Crippen LogP contribution in [0.2, 0.25) is 10.0 Å². The molecule has 0 fully saturated rings. The molecule has 0 aliphatic carbocycles. The van der Waals surface area contributed by atoms with Crippen molar-refractivity contribution in [1.29, 1.82) is 0 Å². The minimum atomic E-state index is -4.07. The average molecular weight is 625 g/mol. The van der Waals surface area contributed by atoms with E-state index in [2.05, 4.69) is 10.5 Å². The van der Waals surface area contributed by atoms with Crippen molar-refractivity contribution in [3.05, 3.63) is 128 Å². The first kappa shape index (κ1) is 31.3. The second-order valence-corrected chi connectivity index (χ2v) is 12.6. The van der Waals surface area contributed by atoms with Gasteiger partial charge >= 0.3 is 0 Å². The Bertz CT molecular complexity index is 1670. The standard InChI is InChI=1S/C32H31Cl2N3O4S/c1-22-15-23(2)32(24(3)16-22)42(39,40)37(19-27-11-14-29(33)30(34)17-27)20-31(38)36-35-18-25-9-12-28(13-10-25)41-21-26-7-5-4-6-8-26/h4-18H,19-21H2,1-3H3,(H,36,38)/b35-18+. The molecule has 0 aliphatic rings. The molecular formula is C32H31Cl2N3O4S. The minimum Gasteiger partial charge on any atom is -0.489 e. The molecule has 0 aliphatic heterocycles.